The molecule has 0 aliphatic rings. The van der Waals surface area contributed by atoms with Crippen molar-refractivity contribution in [2.24, 2.45) is 0 Å². The van der Waals surface area contributed by atoms with Gasteiger partial charge in [0.15, 0.2) is 0 Å². The van der Waals surface area contributed by atoms with Crippen molar-refractivity contribution in [3.63, 3.8) is 0 Å². The Bertz CT molecular complexity index is 365. The number of hydrogen-bond acceptors (Lipinski definition) is 2. The Balaban J connectivity index is 3.62. The maximum absolute atomic E-state index is 10.3. The molecule has 21 heavy (non-hydrogen) atoms. The molecule has 0 radical (unpaired) electrons. The van der Waals surface area contributed by atoms with Crippen molar-refractivity contribution in [1.82, 2.24) is 0 Å². The smallest absolute Gasteiger partial charge is 0.303 e. The van der Waals surface area contributed by atoms with Crippen molar-refractivity contribution in [3.05, 3.63) is 48.6 Å². The fourth-order valence-corrected chi connectivity index (χ4v) is 1.66. The van der Waals surface area contributed by atoms with Crippen LogP contribution in [0.2, 0.25) is 0 Å². The Labute approximate surface area is 128 Å². The number of aliphatic hydroxyl groups excluding tert-OH is 1. The Morgan fingerprint density at radius 2 is 1.81 bits per heavy atom. The van der Waals surface area contributed by atoms with Crippen LogP contribution < -0.4 is 0 Å². The number of carbonyl (C=O) groups is 1. The van der Waals surface area contributed by atoms with Crippen LogP contribution in [0.1, 0.15) is 51.9 Å². The van der Waals surface area contributed by atoms with E-state index >= 15 is 0 Å². The van der Waals surface area contributed by atoms with E-state index in [4.69, 9.17) is 5.11 Å². The highest BCUT2D eigenvalue weighted by molar-refractivity contribution is 5.66. The van der Waals surface area contributed by atoms with Crippen LogP contribution >= 0.6 is 0 Å². The highest BCUT2D eigenvalue weighted by Gasteiger charge is 1.94. The van der Waals surface area contributed by atoms with Gasteiger partial charge in [-0.2, -0.15) is 0 Å². The summed E-state index contributed by atoms with van der Waals surface area (Å²) in [6, 6.07) is 0. The molecule has 0 aromatic heterocycles. The van der Waals surface area contributed by atoms with Gasteiger partial charge in [-0.25, -0.2) is 0 Å². The fourth-order valence-electron chi connectivity index (χ4n) is 1.66. The number of hydrogen-bond donors (Lipinski definition) is 2. The van der Waals surface area contributed by atoms with E-state index in [2.05, 4.69) is 25.2 Å². The molecule has 0 aliphatic carbocycles. The lowest BCUT2D eigenvalue weighted by molar-refractivity contribution is -0.137. The molecular weight excluding hydrogens is 264 g/mol. The third-order valence-corrected chi connectivity index (χ3v) is 2.81. The first-order chi connectivity index (χ1) is 10.2. The molecule has 0 fully saturated rings. The van der Waals surface area contributed by atoms with E-state index < -0.39 is 12.1 Å². The summed E-state index contributed by atoms with van der Waals surface area (Å²) in [6.45, 7) is 2.11. The molecule has 0 heterocycles. The van der Waals surface area contributed by atoms with Crippen LogP contribution in [0.25, 0.3) is 0 Å². The van der Waals surface area contributed by atoms with E-state index in [9.17, 15) is 9.90 Å². The van der Waals surface area contributed by atoms with Crippen molar-refractivity contribution in [2.75, 3.05) is 0 Å². The molecule has 0 amide bonds. The van der Waals surface area contributed by atoms with Gasteiger partial charge in [0, 0.05) is 6.42 Å². The third kappa shape index (κ3) is 16.3. The fraction of sp³-hybridized carbons (Fsp3) is 0.500. The summed E-state index contributed by atoms with van der Waals surface area (Å²) in [5.74, 6) is -0.736. The van der Waals surface area contributed by atoms with Crippen molar-refractivity contribution in [1.29, 1.82) is 0 Å². The highest BCUT2D eigenvalue weighted by atomic mass is 16.4. The topological polar surface area (TPSA) is 57.5 Å². The molecule has 118 valence electrons. The predicted octanol–water partition coefficient (Wildman–Crippen LogP) is 4.41. The van der Waals surface area contributed by atoms with Crippen LogP contribution in [-0.4, -0.2) is 22.3 Å². The summed E-state index contributed by atoms with van der Waals surface area (Å²) in [4.78, 5) is 10.3. The van der Waals surface area contributed by atoms with Crippen molar-refractivity contribution in [2.45, 2.75) is 58.0 Å². The lowest BCUT2D eigenvalue weighted by Gasteiger charge is -1.98. The highest BCUT2D eigenvalue weighted by Crippen LogP contribution is 2.01. The third-order valence-electron chi connectivity index (χ3n) is 2.81. The first kappa shape index (κ1) is 19.4. The minimum absolute atomic E-state index is 0.238. The average molecular weight is 292 g/mol. The average Bonchev–Trinajstić information content (AvgIpc) is 2.45. The van der Waals surface area contributed by atoms with Crippen LogP contribution in [0.15, 0.2) is 48.6 Å². The van der Waals surface area contributed by atoms with E-state index in [1.165, 1.54) is 0 Å². The maximum atomic E-state index is 10.3. The standard InChI is InChI=1S/C18H28O3/c1-2-3-4-5-8-11-14-17(19)15-12-9-6-7-10-13-16-18(20)21/h3-4,6,8-9,11-12,15,17,19H,2,5,7,10,13-14,16H2,1H3,(H,20,21)/b4-3-,9-6-,11-8-,15-12-. The van der Waals surface area contributed by atoms with E-state index in [0.29, 0.717) is 12.8 Å². The summed E-state index contributed by atoms with van der Waals surface area (Å²) in [5, 5.41) is 18.2. The quantitative estimate of drug-likeness (QED) is 0.318. The largest absolute Gasteiger partial charge is 0.481 e. The maximum Gasteiger partial charge on any atom is 0.303 e. The van der Waals surface area contributed by atoms with Crippen LogP contribution in [-0.2, 0) is 4.79 Å². The zero-order chi connectivity index (χ0) is 15.8. The summed E-state index contributed by atoms with van der Waals surface area (Å²) < 4.78 is 0. The number of carboxylic acids is 1. The molecule has 0 bridgehead atoms. The van der Waals surface area contributed by atoms with Gasteiger partial charge in [-0.1, -0.05) is 55.5 Å². The number of aliphatic carboxylic acids is 1. The van der Waals surface area contributed by atoms with Crippen LogP contribution in [0, 0.1) is 0 Å². The van der Waals surface area contributed by atoms with Gasteiger partial charge in [0.05, 0.1) is 6.10 Å². The van der Waals surface area contributed by atoms with Crippen molar-refractivity contribution in [3.8, 4) is 0 Å². The predicted molar refractivity (Wildman–Crippen MR) is 88.2 cm³/mol. The second-order valence-electron chi connectivity index (χ2n) is 4.84. The summed E-state index contributed by atoms with van der Waals surface area (Å²) in [7, 11) is 0. The summed E-state index contributed by atoms with van der Waals surface area (Å²) in [5.41, 5.74) is 0. The Kier molecular flexibility index (Phi) is 13.7. The molecule has 0 aromatic carbocycles. The van der Waals surface area contributed by atoms with Crippen molar-refractivity contribution < 1.29 is 15.0 Å². The van der Waals surface area contributed by atoms with Gasteiger partial charge in [-0.05, 0) is 38.5 Å². The Hall–Kier alpha value is -1.61. The second kappa shape index (κ2) is 14.8. The van der Waals surface area contributed by atoms with Crippen LogP contribution in [0.3, 0.4) is 0 Å². The van der Waals surface area contributed by atoms with Crippen LogP contribution in [0.4, 0.5) is 0 Å². The lowest BCUT2D eigenvalue weighted by atomic mass is 10.2. The number of unbranched alkanes of at least 4 members (excludes halogenated alkanes) is 2. The summed E-state index contributed by atoms with van der Waals surface area (Å²) in [6.07, 6.45) is 20.6. The molecule has 0 saturated heterocycles. The summed E-state index contributed by atoms with van der Waals surface area (Å²) >= 11 is 0. The Morgan fingerprint density at radius 3 is 2.52 bits per heavy atom. The van der Waals surface area contributed by atoms with E-state index in [1.54, 1.807) is 6.08 Å². The van der Waals surface area contributed by atoms with E-state index in [0.717, 1.165) is 25.7 Å². The molecule has 0 saturated carbocycles. The zero-order valence-corrected chi connectivity index (χ0v) is 12.9. The van der Waals surface area contributed by atoms with E-state index in [-0.39, 0.29) is 6.42 Å². The van der Waals surface area contributed by atoms with Crippen molar-refractivity contribution >= 4 is 5.97 Å². The van der Waals surface area contributed by atoms with Gasteiger partial charge < -0.3 is 10.2 Å². The molecule has 3 heteroatoms. The molecule has 0 rings (SSSR count). The number of carboxylic acid groups (broad SMARTS) is 1. The van der Waals surface area contributed by atoms with Crippen LogP contribution in [0.5, 0.6) is 0 Å². The monoisotopic (exact) mass is 292 g/mol. The molecule has 1 unspecified atom stereocenters. The molecule has 2 N–H and O–H groups in total. The first-order valence-corrected chi connectivity index (χ1v) is 7.70. The second-order valence-corrected chi connectivity index (χ2v) is 4.84. The van der Waals surface area contributed by atoms with E-state index in [1.807, 2.05) is 24.3 Å². The molecule has 0 spiro atoms. The molecular formula is C18H28O3. The number of rotatable bonds is 12. The van der Waals surface area contributed by atoms with Gasteiger partial charge >= 0.3 is 5.97 Å². The number of allylic oxidation sites excluding steroid dienone is 6. The minimum Gasteiger partial charge on any atom is -0.481 e. The number of aliphatic hydroxyl groups is 1. The Morgan fingerprint density at radius 1 is 1.05 bits per heavy atom. The SMILES string of the molecule is CC/C=C\C/C=C\CC(O)/C=C\C=C/CCCCC(=O)O. The van der Waals surface area contributed by atoms with Gasteiger partial charge in [-0.15, -0.1) is 0 Å². The zero-order valence-electron chi connectivity index (χ0n) is 12.9. The first-order valence-electron chi connectivity index (χ1n) is 7.70. The molecule has 0 aliphatic heterocycles. The van der Waals surface area contributed by atoms with Gasteiger partial charge in [0.25, 0.3) is 0 Å². The minimum atomic E-state index is -0.736. The van der Waals surface area contributed by atoms with Gasteiger partial charge in [0.1, 0.15) is 0 Å². The lowest BCUT2D eigenvalue weighted by Crippen LogP contribution is -1.98. The molecule has 0 aromatic rings. The molecule has 1 atom stereocenters. The van der Waals surface area contributed by atoms with Gasteiger partial charge in [0.2, 0.25) is 0 Å². The normalized spacial score (nSPS) is 14.0. The molecule has 3 nitrogen and oxygen atoms in total. The van der Waals surface area contributed by atoms with Gasteiger partial charge in [-0.3, -0.25) is 4.79 Å².